The van der Waals surface area contributed by atoms with Gasteiger partial charge in [-0.3, -0.25) is 4.79 Å². The summed E-state index contributed by atoms with van der Waals surface area (Å²) in [6.07, 6.45) is 5.23. The number of aryl methyl sites for hydroxylation is 1. The highest BCUT2D eigenvalue weighted by molar-refractivity contribution is 7.99. The van der Waals surface area contributed by atoms with Crippen molar-refractivity contribution in [1.29, 1.82) is 0 Å². The van der Waals surface area contributed by atoms with Gasteiger partial charge >= 0.3 is 0 Å². The average Bonchev–Trinajstić information content (AvgIpc) is 3.33. The summed E-state index contributed by atoms with van der Waals surface area (Å²) in [6, 6.07) is 2.25. The highest BCUT2D eigenvalue weighted by atomic mass is 32.2. The lowest BCUT2D eigenvalue weighted by Gasteiger charge is -2.33. The van der Waals surface area contributed by atoms with Gasteiger partial charge in [0.05, 0.1) is 4.88 Å². The van der Waals surface area contributed by atoms with Crippen molar-refractivity contribution in [3.8, 4) is 10.8 Å². The molecule has 5 nitrogen and oxygen atoms in total. The van der Waals surface area contributed by atoms with E-state index in [1.54, 1.807) is 11.3 Å². The molecule has 0 N–H and O–H groups in total. The highest BCUT2D eigenvalue weighted by Crippen LogP contribution is 2.42. The number of rotatable bonds is 5. The summed E-state index contributed by atoms with van der Waals surface area (Å²) in [5.74, 6) is 2.41. The molecule has 0 spiro atoms. The molecule has 0 radical (unpaired) electrons. The SMILES string of the molecule is CC(C)(C)C1CCc2sc(-c3nnc(SCCN4CCCC4=O)o3)cc2C1. The van der Waals surface area contributed by atoms with E-state index in [0.717, 1.165) is 48.9 Å². The number of carbonyl (C=O) groups is 1. The summed E-state index contributed by atoms with van der Waals surface area (Å²) >= 11 is 3.33. The zero-order valence-electron chi connectivity index (χ0n) is 16.3. The van der Waals surface area contributed by atoms with Crippen LogP contribution in [0.15, 0.2) is 15.7 Å². The smallest absolute Gasteiger partial charge is 0.276 e. The molecule has 0 bridgehead atoms. The third-order valence-electron chi connectivity index (χ3n) is 5.68. The summed E-state index contributed by atoms with van der Waals surface area (Å²) in [6.45, 7) is 8.65. The van der Waals surface area contributed by atoms with Gasteiger partial charge in [0, 0.05) is 30.1 Å². The monoisotopic (exact) mass is 405 g/mol. The van der Waals surface area contributed by atoms with Gasteiger partial charge in [-0.2, -0.15) is 0 Å². The Morgan fingerprint density at radius 2 is 2.19 bits per heavy atom. The fourth-order valence-electron chi connectivity index (χ4n) is 3.92. The molecule has 0 aromatic carbocycles. The van der Waals surface area contributed by atoms with Crippen LogP contribution in [0.5, 0.6) is 0 Å². The number of thiophene rings is 1. The van der Waals surface area contributed by atoms with Crippen LogP contribution in [0.25, 0.3) is 10.8 Å². The van der Waals surface area contributed by atoms with Crippen molar-refractivity contribution in [1.82, 2.24) is 15.1 Å². The third kappa shape index (κ3) is 4.24. The quantitative estimate of drug-likeness (QED) is 0.677. The summed E-state index contributed by atoms with van der Waals surface area (Å²) in [7, 11) is 0. The molecule has 27 heavy (non-hydrogen) atoms. The molecule has 1 amide bonds. The predicted octanol–water partition coefficient (Wildman–Crippen LogP) is 4.66. The van der Waals surface area contributed by atoms with E-state index in [9.17, 15) is 4.79 Å². The Morgan fingerprint density at radius 3 is 2.93 bits per heavy atom. The van der Waals surface area contributed by atoms with Gasteiger partial charge < -0.3 is 9.32 Å². The lowest BCUT2D eigenvalue weighted by atomic mass is 9.72. The van der Waals surface area contributed by atoms with E-state index in [2.05, 4.69) is 37.0 Å². The maximum absolute atomic E-state index is 11.7. The minimum absolute atomic E-state index is 0.263. The summed E-state index contributed by atoms with van der Waals surface area (Å²) in [4.78, 5) is 16.1. The fourth-order valence-corrected chi connectivity index (χ4v) is 5.77. The Hall–Kier alpha value is -1.34. The Kier molecular flexibility index (Phi) is 5.34. The van der Waals surface area contributed by atoms with Gasteiger partial charge in [-0.1, -0.05) is 32.5 Å². The topological polar surface area (TPSA) is 59.2 Å². The Balaban J connectivity index is 1.38. The summed E-state index contributed by atoms with van der Waals surface area (Å²) in [5.41, 5.74) is 1.81. The van der Waals surface area contributed by atoms with Crippen molar-refractivity contribution >= 4 is 29.0 Å². The molecule has 1 saturated heterocycles. The lowest BCUT2D eigenvalue weighted by Crippen LogP contribution is -2.26. The second-order valence-corrected chi connectivity index (χ2v) is 10.8. The highest BCUT2D eigenvalue weighted by Gasteiger charge is 2.30. The minimum atomic E-state index is 0.263. The van der Waals surface area contributed by atoms with Crippen LogP contribution >= 0.6 is 23.1 Å². The van der Waals surface area contributed by atoms with Gasteiger partial charge in [-0.25, -0.2) is 0 Å². The molecular formula is C20H27N3O2S2. The van der Waals surface area contributed by atoms with E-state index in [1.165, 1.54) is 28.6 Å². The van der Waals surface area contributed by atoms with Crippen molar-refractivity contribution in [2.24, 2.45) is 11.3 Å². The zero-order chi connectivity index (χ0) is 19.0. The maximum Gasteiger partial charge on any atom is 0.276 e. The van der Waals surface area contributed by atoms with Crippen molar-refractivity contribution in [3.63, 3.8) is 0 Å². The molecule has 1 aliphatic heterocycles. The van der Waals surface area contributed by atoms with E-state index in [-0.39, 0.29) is 5.91 Å². The first kappa shape index (κ1) is 19.0. The van der Waals surface area contributed by atoms with Gasteiger partial charge in [0.25, 0.3) is 11.1 Å². The number of carbonyl (C=O) groups excluding carboxylic acids is 1. The first-order chi connectivity index (χ1) is 12.9. The molecule has 0 saturated carbocycles. The number of hydrogen-bond donors (Lipinski definition) is 0. The molecule has 4 rings (SSSR count). The number of fused-ring (bicyclic) bond motifs is 1. The molecule has 146 valence electrons. The third-order valence-corrected chi connectivity index (χ3v) is 7.71. The van der Waals surface area contributed by atoms with Crippen LogP contribution in [-0.4, -0.2) is 39.8 Å². The van der Waals surface area contributed by atoms with Crippen molar-refractivity contribution < 1.29 is 9.21 Å². The van der Waals surface area contributed by atoms with Crippen LogP contribution in [0, 0.1) is 11.3 Å². The van der Waals surface area contributed by atoms with E-state index < -0.39 is 0 Å². The molecule has 2 aromatic heterocycles. The molecule has 1 fully saturated rings. The van der Waals surface area contributed by atoms with Gasteiger partial charge in [-0.05, 0) is 48.6 Å². The van der Waals surface area contributed by atoms with E-state index >= 15 is 0 Å². The number of hydrogen-bond acceptors (Lipinski definition) is 6. The number of likely N-dealkylation sites (tertiary alicyclic amines) is 1. The number of thioether (sulfide) groups is 1. The Morgan fingerprint density at radius 1 is 1.33 bits per heavy atom. The first-order valence-electron chi connectivity index (χ1n) is 9.76. The van der Waals surface area contributed by atoms with Gasteiger partial charge in [0.15, 0.2) is 0 Å². The van der Waals surface area contributed by atoms with Crippen molar-refractivity contribution in [2.45, 2.75) is 58.1 Å². The summed E-state index contributed by atoms with van der Waals surface area (Å²) in [5, 5.41) is 9.03. The molecule has 3 heterocycles. The van der Waals surface area contributed by atoms with Crippen LogP contribution < -0.4 is 0 Å². The summed E-state index contributed by atoms with van der Waals surface area (Å²) < 4.78 is 5.88. The second-order valence-electron chi connectivity index (χ2n) is 8.57. The van der Waals surface area contributed by atoms with Crippen LogP contribution in [-0.2, 0) is 17.6 Å². The van der Waals surface area contributed by atoms with E-state index in [0.29, 0.717) is 22.9 Å². The molecule has 1 atom stereocenters. The van der Waals surface area contributed by atoms with Crippen LogP contribution in [0.2, 0.25) is 0 Å². The molecule has 1 unspecified atom stereocenters. The average molecular weight is 406 g/mol. The number of aromatic nitrogens is 2. The molecule has 2 aliphatic rings. The largest absolute Gasteiger partial charge is 0.410 e. The fraction of sp³-hybridized carbons (Fsp3) is 0.650. The van der Waals surface area contributed by atoms with Crippen molar-refractivity contribution in [2.75, 3.05) is 18.8 Å². The van der Waals surface area contributed by atoms with Crippen LogP contribution in [0.3, 0.4) is 0 Å². The van der Waals surface area contributed by atoms with Crippen LogP contribution in [0.4, 0.5) is 0 Å². The normalized spacial score (nSPS) is 20.3. The lowest BCUT2D eigenvalue weighted by molar-refractivity contribution is -0.127. The van der Waals surface area contributed by atoms with Gasteiger partial charge in [0.1, 0.15) is 0 Å². The molecule has 2 aromatic rings. The maximum atomic E-state index is 11.7. The molecule has 7 heteroatoms. The first-order valence-corrected chi connectivity index (χ1v) is 11.6. The number of amides is 1. The minimum Gasteiger partial charge on any atom is -0.410 e. The second kappa shape index (κ2) is 7.59. The van der Waals surface area contributed by atoms with Crippen LogP contribution in [0.1, 0.15) is 50.5 Å². The Labute approximate surface area is 168 Å². The van der Waals surface area contributed by atoms with Crippen molar-refractivity contribution in [3.05, 3.63) is 16.5 Å². The number of nitrogens with zero attached hydrogens (tertiary/aromatic N) is 3. The zero-order valence-corrected chi connectivity index (χ0v) is 17.9. The van der Waals surface area contributed by atoms with Gasteiger partial charge in [0.2, 0.25) is 5.91 Å². The van der Waals surface area contributed by atoms with Gasteiger partial charge in [-0.15, -0.1) is 21.5 Å². The standard InChI is InChI=1S/C20H27N3O2S2/c1-20(2,3)14-6-7-15-13(11-14)12-16(27-15)18-21-22-19(25-18)26-10-9-23-8-4-5-17(23)24/h12,14H,4-11H2,1-3H3. The molecular weight excluding hydrogens is 378 g/mol. The van der Waals surface area contributed by atoms with E-state index in [4.69, 9.17) is 4.42 Å². The predicted molar refractivity (Wildman–Crippen MR) is 109 cm³/mol. The Bertz CT molecular complexity index is 822. The van der Waals surface area contributed by atoms with E-state index in [1.807, 2.05) is 4.90 Å². The molecule has 1 aliphatic carbocycles.